The Kier molecular flexibility index (Phi) is 4.30. The average molecular weight is 319 g/mol. The molecule has 0 radical (unpaired) electrons. The molecule has 1 aliphatic heterocycles. The smallest absolute Gasteiger partial charge is 0.316 e. The number of benzene rings is 2. The lowest BCUT2D eigenvalue weighted by molar-refractivity contribution is -0.146. The predicted octanol–water partition coefficient (Wildman–Crippen LogP) is 2.24. The lowest BCUT2D eigenvalue weighted by atomic mass is 10.1. The highest BCUT2D eigenvalue weighted by atomic mass is 16.2. The molecule has 5 nitrogen and oxygen atoms in total. The maximum atomic E-state index is 12.5. The number of rotatable bonds is 3. The highest BCUT2D eigenvalue weighted by Crippen LogP contribution is 2.23. The van der Waals surface area contributed by atoms with Crippen LogP contribution in [0.5, 0.6) is 0 Å². The van der Waals surface area contributed by atoms with Gasteiger partial charge in [0.2, 0.25) is 0 Å². The maximum absolute atomic E-state index is 12.5. The van der Waals surface area contributed by atoms with Crippen LogP contribution in [0.25, 0.3) is 0 Å². The normalized spacial score (nSPS) is 14.7. The number of anilines is 1. The van der Waals surface area contributed by atoms with E-state index in [1.807, 2.05) is 43.3 Å². The summed E-state index contributed by atoms with van der Waals surface area (Å²) in [6.45, 7) is 3.08. The highest BCUT2D eigenvalue weighted by Gasteiger charge is 2.34. The second kappa shape index (κ2) is 6.55. The Balaban J connectivity index is 1.80. The largest absolute Gasteiger partial charge is 0.328 e. The molecule has 0 bridgehead atoms. The van der Waals surface area contributed by atoms with Crippen molar-refractivity contribution in [3.05, 3.63) is 65.2 Å². The highest BCUT2D eigenvalue weighted by molar-refractivity contribution is 6.41. The van der Waals surface area contributed by atoms with E-state index < -0.39 is 11.8 Å². The van der Waals surface area contributed by atoms with Crippen LogP contribution in [0.4, 0.5) is 5.69 Å². The molecule has 1 aliphatic rings. The van der Waals surface area contributed by atoms with Crippen molar-refractivity contribution in [2.75, 3.05) is 18.0 Å². The van der Waals surface area contributed by atoms with Crippen molar-refractivity contribution in [3.8, 4) is 6.07 Å². The first kappa shape index (κ1) is 15.8. The fourth-order valence-corrected chi connectivity index (χ4v) is 2.89. The second-order valence-corrected chi connectivity index (χ2v) is 5.74. The summed E-state index contributed by atoms with van der Waals surface area (Å²) in [6, 6.07) is 16.8. The first-order valence-corrected chi connectivity index (χ1v) is 7.76. The summed E-state index contributed by atoms with van der Waals surface area (Å²) >= 11 is 0. The van der Waals surface area contributed by atoms with E-state index in [1.54, 1.807) is 12.1 Å². The third-order valence-electron chi connectivity index (χ3n) is 4.21. The van der Waals surface area contributed by atoms with Crippen LogP contribution in [-0.2, 0) is 16.1 Å². The van der Waals surface area contributed by atoms with Gasteiger partial charge in [0.25, 0.3) is 0 Å². The Hall–Kier alpha value is -3.13. The SMILES string of the molecule is Cc1ccccc1N1CCN(Cc2ccccc2C#N)C(=O)C1=O. The molecule has 0 saturated carbocycles. The molecule has 0 unspecified atom stereocenters. The number of nitrogens with zero attached hydrogens (tertiary/aromatic N) is 3. The van der Waals surface area contributed by atoms with Crippen LogP contribution in [0.15, 0.2) is 48.5 Å². The van der Waals surface area contributed by atoms with Gasteiger partial charge >= 0.3 is 11.8 Å². The molecule has 0 aliphatic carbocycles. The minimum atomic E-state index is -0.530. The summed E-state index contributed by atoms with van der Waals surface area (Å²) in [5.41, 5.74) is 3.01. The van der Waals surface area contributed by atoms with E-state index in [4.69, 9.17) is 5.26 Å². The Morgan fingerprint density at radius 3 is 2.46 bits per heavy atom. The van der Waals surface area contributed by atoms with Crippen LogP contribution in [-0.4, -0.2) is 29.8 Å². The van der Waals surface area contributed by atoms with Gasteiger partial charge in [0.05, 0.1) is 11.6 Å². The minimum absolute atomic E-state index is 0.274. The average Bonchev–Trinajstić information content (AvgIpc) is 2.60. The first-order chi connectivity index (χ1) is 11.6. The van der Waals surface area contributed by atoms with Gasteiger partial charge in [-0.3, -0.25) is 9.59 Å². The van der Waals surface area contributed by atoms with Crippen LogP contribution >= 0.6 is 0 Å². The number of para-hydroxylation sites is 1. The summed E-state index contributed by atoms with van der Waals surface area (Å²) in [5, 5.41) is 9.16. The summed E-state index contributed by atoms with van der Waals surface area (Å²) in [4.78, 5) is 28.0. The lowest BCUT2D eigenvalue weighted by Gasteiger charge is -2.34. The zero-order chi connectivity index (χ0) is 17.1. The molecule has 3 rings (SSSR count). The van der Waals surface area contributed by atoms with Gasteiger partial charge in [-0.25, -0.2) is 0 Å². The molecule has 5 heteroatoms. The van der Waals surface area contributed by atoms with Crippen molar-refractivity contribution in [2.24, 2.45) is 0 Å². The third kappa shape index (κ3) is 2.86. The van der Waals surface area contributed by atoms with E-state index in [0.717, 1.165) is 16.8 Å². The Bertz CT molecular complexity index is 839. The predicted molar refractivity (Wildman–Crippen MR) is 90.1 cm³/mol. The zero-order valence-corrected chi connectivity index (χ0v) is 13.4. The topological polar surface area (TPSA) is 64.4 Å². The van der Waals surface area contributed by atoms with E-state index in [-0.39, 0.29) is 6.54 Å². The van der Waals surface area contributed by atoms with Crippen molar-refractivity contribution in [1.29, 1.82) is 5.26 Å². The van der Waals surface area contributed by atoms with Crippen LogP contribution in [0.3, 0.4) is 0 Å². The molecule has 0 N–H and O–H groups in total. The molecular formula is C19H17N3O2. The Labute approximate surface area is 140 Å². The number of aryl methyl sites for hydroxylation is 1. The third-order valence-corrected chi connectivity index (χ3v) is 4.21. The van der Waals surface area contributed by atoms with E-state index in [9.17, 15) is 9.59 Å². The molecule has 0 atom stereocenters. The van der Waals surface area contributed by atoms with Gasteiger partial charge in [0.15, 0.2) is 0 Å². The second-order valence-electron chi connectivity index (χ2n) is 5.74. The molecule has 1 heterocycles. The molecule has 0 aromatic heterocycles. The van der Waals surface area contributed by atoms with Crippen LogP contribution in [0.1, 0.15) is 16.7 Å². The summed E-state index contributed by atoms with van der Waals surface area (Å²) < 4.78 is 0. The summed E-state index contributed by atoms with van der Waals surface area (Å²) in [7, 11) is 0. The molecule has 0 spiro atoms. The number of hydrogen-bond acceptors (Lipinski definition) is 3. The zero-order valence-electron chi connectivity index (χ0n) is 13.4. The van der Waals surface area contributed by atoms with Gasteiger partial charge in [-0.05, 0) is 30.2 Å². The van der Waals surface area contributed by atoms with Gasteiger partial charge in [0.1, 0.15) is 0 Å². The fraction of sp³-hybridized carbons (Fsp3) is 0.211. The fourth-order valence-electron chi connectivity index (χ4n) is 2.89. The molecule has 2 amide bonds. The lowest BCUT2D eigenvalue weighted by Crippen LogP contribution is -2.54. The van der Waals surface area contributed by atoms with Crippen molar-refractivity contribution in [1.82, 2.24) is 4.90 Å². The van der Waals surface area contributed by atoms with E-state index in [1.165, 1.54) is 9.80 Å². The molecule has 1 fully saturated rings. The minimum Gasteiger partial charge on any atom is -0.328 e. The quantitative estimate of drug-likeness (QED) is 0.815. The first-order valence-electron chi connectivity index (χ1n) is 7.76. The summed E-state index contributed by atoms with van der Waals surface area (Å²) in [6.07, 6.45) is 0. The van der Waals surface area contributed by atoms with Gasteiger partial charge in [0, 0.05) is 25.3 Å². The number of piperazine rings is 1. The van der Waals surface area contributed by atoms with Crippen molar-refractivity contribution in [3.63, 3.8) is 0 Å². The van der Waals surface area contributed by atoms with Gasteiger partial charge in [-0.15, -0.1) is 0 Å². The van der Waals surface area contributed by atoms with Crippen LogP contribution < -0.4 is 4.90 Å². The van der Waals surface area contributed by atoms with E-state index in [0.29, 0.717) is 18.7 Å². The maximum Gasteiger partial charge on any atom is 0.316 e. The van der Waals surface area contributed by atoms with Crippen LogP contribution in [0.2, 0.25) is 0 Å². The van der Waals surface area contributed by atoms with Crippen molar-refractivity contribution >= 4 is 17.5 Å². The monoisotopic (exact) mass is 319 g/mol. The molecule has 2 aromatic carbocycles. The van der Waals surface area contributed by atoms with E-state index >= 15 is 0 Å². The Morgan fingerprint density at radius 1 is 1.00 bits per heavy atom. The number of carbonyl (C=O) groups is 2. The van der Waals surface area contributed by atoms with Crippen molar-refractivity contribution in [2.45, 2.75) is 13.5 Å². The van der Waals surface area contributed by atoms with Gasteiger partial charge < -0.3 is 9.80 Å². The summed E-state index contributed by atoms with van der Waals surface area (Å²) in [5.74, 6) is -1.05. The standard InChI is InChI=1S/C19H17N3O2/c1-14-6-2-5-9-17(14)22-11-10-21(18(23)19(22)24)13-16-8-4-3-7-15(16)12-20/h2-9H,10-11,13H2,1H3. The number of amides is 2. The van der Waals surface area contributed by atoms with Gasteiger partial charge in [-0.2, -0.15) is 5.26 Å². The molecule has 1 saturated heterocycles. The molecular weight excluding hydrogens is 302 g/mol. The molecule has 120 valence electrons. The van der Waals surface area contributed by atoms with Gasteiger partial charge in [-0.1, -0.05) is 36.4 Å². The number of hydrogen-bond donors (Lipinski definition) is 0. The van der Waals surface area contributed by atoms with E-state index in [2.05, 4.69) is 6.07 Å². The number of carbonyl (C=O) groups excluding carboxylic acids is 2. The Morgan fingerprint density at radius 2 is 1.71 bits per heavy atom. The molecule has 2 aromatic rings. The molecule has 24 heavy (non-hydrogen) atoms. The number of nitriles is 1. The van der Waals surface area contributed by atoms with Crippen molar-refractivity contribution < 1.29 is 9.59 Å². The van der Waals surface area contributed by atoms with Crippen LogP contribution in [0, 0.1) is 18.3 Å².